The van der Waals surface area contributed by atoms with Gasteiger partial charge in [0.2, 0.25) is 0 Å². The summed E-state index contributed by atoms with van der Waals surface area (Å²) in [6, 6.07) is 0. The van der Waals surface area contributed by atoms with E-state index in [0.717, 1.165) is 12.4 Å². The number of rotatable bonds is 2. The minimum atomic E-state index is 0.364. The van der Waals surface area contributed by atoms with Crippen LogP contribution in [0.15, 0.2) is 0 Å². The van der Waals surface area contributed by atoms with Crippen LogP contribution in [0, 0.1) is 6.92 Å². The average molecular weight is 212 g/mol. The lowest BCUT2D eigenvalue weighted by atomic mass is 10.6. The van der Waals surface area contributed by atoms with Gasteiger partial charge in [-0.05, 0) is 13.8 Å². The maximum absolute atomic E-state index is 5.91. The van der Waals surface area contributed by atoms with Crippen LogP contribution in [0.3, 0.4) is 0 Å². The standard InChI is InChI=1S/C8H10ClN5/c1-3-10-6-5(9)13-7-8(14-6)12-4(2)11-7/h3H2,1-2H3,(H2,10,11,12,13,14). The van der Waals surface area contributed by atoms with E-state index in [4.69, 9.17) is 11.6 Å². The van der Waals surface area contributed by atoms with E-state index in [1.54, 1.807) is 0 Å². The van der Waals surface area contributed by atoms with Crippen molar-refractivity contribution in [1.29, 1.82) is 0 Å². The lowest BCUT2D eigenvalue weighted by Crippen LogP contribution is -2.01. The zero-order valence-corrected chi connectivity index (χ0v) is 8.68. The highest BCUT2D eigenvalue weighted by atomic mass is 35.5. The molecule has 0 atom stereocenters. The van der Waals surface area contributed by atoms with Gasteiger partial charge in [-0.25, -0.2) is 15.0 Å². The molecule has 2 aromatic heterocycles. The fourth-order valence-corrected chi connectivity index (χ4v) is 1.40. The summed E-state index contributed by atoms with van der Waals surface area (Å²) in [5.41, 5.74) is 1.21. The van der Waals surface area contributed by atoms with E-state index in [1.165, 1.54) is 0 Å². The number of nitrogens with zero attached hydrogens (tertiary/aromatic N) is 3. The van der Waals surface area contributed by atoms with Crippen LogP contribution in [0.2, 0.25) is 5.15 Å². The van der Waals surface area contributed by atoms with Gasteiger partial charge in [0.1, 0.15) is 5.82 Å². The van der Waals surface area contributed by atoms with Gasteiger partial charge in [-0.15, -0.1) is 0 Å². The Morgan fingerprint density at radius 2 is 2.14 bits per heavy atom. The lowest BCUT2D eigenvalue weighted by Gasteiger charge is -2.02. The van der Waals surface area contributed by atoms with Crippen molar-refractivity contribution in [2.75, 3.05) is 11.9 Å². The predicted molar refractivity (Wildman–Crippen MR) is 55.6 cm³/mol. The maximum atomic E-state index is 5.91. The monoisotopic (exact) mass is 211 g/mol. The van der Waals surface area contributed by atoms with Gasteiger partial charge in [-0.3, -0.25) is 0 Å². The molecule has 0 aliphatic rings. The van der Waals surface area contributed by atoms with Crippen LogP contribution in [-0.2, 0) is 0 Å². The molecule has 5 nitrogen and oxygen atoms in total. The van der Waals surface area contributed by atoms with Crippen LogP contribution in [0.25, 0.3) is 11.3 Å². The van der Waals surface area contributed by atoms with Crippen LogP contribution in [-0.4, -0.2) is 26.5 Å². The molecule has 0 unspecified atom stereocenters. The Morgan fingerprint density at radius 3 is 2.86 bits per heavy atom. The van der Waals surface area contributed by atoms with Crippen molar-refractivity contribution in [3.05, 3.63) is 11.0 Å². The number of halogens is 1. The molecule has 0 fully saturated rings. The van der Waals surface area contributed by atoms with Crippen molar-refractivity contribution < 1.29 is 0 Å². The average Bonchev–Trinajstić information content (AvgIpc) is 2.45. The smallest absolute Gasteiger partial charge is 0.199 e. The van der Waals surface area contributed by atoms with Crippen LogP contribution < -0.4 is 5.32 Å². The fourth-order valence-electron chi connectivity index (χ4n) is 1.21. The van der Waals surface area contributed by atoms with Gasteiger partial charge in [-0.2, -0.15) is 0 Å². The molecule has 0 aromatic carbocycles. The normalized spacial score (nSPS) is 10.8. The predicted octanol–water partition coefficient (Wildman–Crippen LogP) is 1.75. The number of hydrogen-bond acceptors (Lipinski definition) is 4. The molecule has 0 saturated carbocycles. The van der Waals surface area contributed by atoms with Crippen LogP contribution >= 0.6 is 11.6 Å². The summed E-state index contributed by atoms with van der Waals surface area (Å²) >= 11 is 5.91. The van der Waals surface area contributed by atoms with Gasteiger partial charge in [0, 0.05) is 6.54 Å². The summed E-state index contributed by atoms with van der Waals surface area (Å²) in [6.45, 7) is 4.57. The van der Waals surface area contributed by atoms with Gasteiger partial charge < -0.3 is 10.3 Å². The zero-order chi connectivity index (χ0) is 10.1. The van der Waals surface area contributed by atoms with E-state index in [9.17, 15) is 0 Å². The van der Waals surface area contributed by atoms with Crippen molar-refractivity contribution in [2.45, 2.75) is 13.8 Å². The van der Waals surface area contributed by atoms with E-state index < -0.39 is 0 Å². The van der Waals surface area contributed by atoms with E-state index >= 15 is 0 Å². The summed E-state index contributed by atoms with van der Waals surface area (Å²) in [5.74, 6) is 1.36. The van der Waals surface area contributed by atoms with Gasteiger partial charge in [0.15, 0.2) is 22.3 Å². The first-order chi connectivity index (χ1) is 6.70. The van der Waals surface area contributed by atoms with Gasteiger partial charge in [0.25, 0.3) is 0 Å². The molecule has 0 bridgehead atoms. The number of aryl methyl sites for hydroxylation is 1. The van der Waals surface area contributed by atoms with Crippen molar-refractivity contribution in [3.63, 3.8) is 0 Å². The van der Waals surface area contributed by atoms with E-state index in [1.807, 2.05) is 13.8 Å². The Balaban J connectivity index is 2.58. The molecule has 2 N–H and O–H groups in total. The molecule has 2 rings (SSSR count). The number of aromatic nitrogens is 4. The summed E-state index contributed by atoms with van der Waals surface area (Å²) in [5, 5.41) is 3.38. The molecule has 14 heavy (non-hydrogen) atoms. The number of hydrogen-bond donors (Lipinski definition) is 2. The highest BCUT2D eigenvalue weighted by molar-refractivity contribution is 6.32. The molecular formula is C8H10ClN5. The van der Waals surface area contributed by atoms with Crippen LogP contribution in [0.5, 0.6) is 0 Å². The van der Waals surface area contributed by atoms with Gasteiger partial charge in [0.05, 0.1) is 0 Å². The summed E-state index contributed by atoms with van der Waals surface area (Å²) < 4.78 is 0. The van der Waals surface area contributed by atoms with E-state index in [0.29, 0.717) is 22.3 Å². The van der Waals surface area contributed by atoms with Crippen LogP contribution in [0.1, 0.15) is 12.7 Å². The largest absolute Gasteiger partial charge is 0.368 e. The molecule has 0 spiro atoms. The third-order valence-electron chi connectivity index (χ3n) is 1.75. The number of H-pyrrole nitrogens is 1. The molecule has 2 heterocycles. The molecule has 74 valence electrons. The molecule has 0 aliphatic carbocycles. The number of nitrogens with one attached hydrogen (secondary N) is 2. The third-order valence-corrected chi connectivity index (χ3v) is 2.02. The second kappa shape index (κ2) is 3.42. The fraction of sp³-hybridized carbons (Fsp3) is 0.375. The van der Waals surface area contributed by atoms with Gasteiger partial charge >= 0.3 is 0 Å². The number of imidazole rings is 1. The lowest BCUT2D eigenvalue weighted by molar-refractivity contribution is 1.14. The summed E-state index contributed by atoms with van der Waals surface area (Å²) in [6.07, 6.45) is 0. The first kappa shape index (κ1) is 9.21. The molecule has 0 radical (unpaired) electrons. The SMILES string of the molecule is CCNc1nc2nc(C)[nH]c2nc1Cl. The minimum absolute atomic E-state index is 0.364. The maximum Gasteiger partial charge on any atom is 0.199 e. The molecule has 6 heteroatoms. The molecule has 0 aliphatic heterocycles. The second-order valence-corrected chi connectivity index (χ2v) is 3.25. The van der Waals surface area contributed by atoms with Crippen LogP contribution in [0.4, 0.5) is 5.82 Å². The Morgan fingerprint density at radius 1 is 1.36 bits per heavy atom. The topological polar surface area (TPSA) is 66.5 Å². The third kappa shape index (κ3) is 1.50. The van der Waals surface area contributed by atoms with Gasteiger partial charge in [-0.1, -0.05) is 11.6 Å². The Kier molecular flexibility index (Phi) is 2.25. The van der Waals surface area contributed by atoms with E-state index in [-0.39, 0.29) is 0 Å². The van der Waals surface area contributed by atoms with Crippen molar-refractivity contribution in [2.24, 2.45) is 0 Å². The number of fused-ring (bicyclic) bond motifs is 1. The number of aromatic amines is 1. The molecule has 2 aromatic rings. The van der Waals surface area contributed by atoms with Crippen molar-refractivity contribution in [3.8, 4) is 0 Å². The highest BCUT2D eigenvalue weighted by Crippen LogP contribution is 2.19. The minimum Gasteiger partial charge on any atom is -0.368 e. The Hall–Kier alpha value is -1.36. The molecule has 0 amide bonds. The molecule has 0 saturated heterocycles. The number of anilines is 1. The van der Waals surface area contributed by atoms with Crippen molar-refractivity contribution >= 4 is 28.7 Å². The van der Waals surface area contributed by atoms with E-state index in [2.05, 4.69) is 25.3 Å². The molecular weight excluding hydrogens is 202 g/mol. The Labute approximate surface area is 85.9 Å². The van der Waals surface area contributed by atoms with Crippen molar-refractivity contribution in [1.82, 2.24) is 19.9 Å². The first-order valence-corrected chi connectivity index (χ1v) is 4.72. The Bertz CT molecular complexity index is 464. The highest BCUT2D eigenvalue weighted by Gasteiger charge is 2.08. The second-order valence-electron chi connectivity index (χ2n) is 2.89. The summed E-state index contributed by atoms with van der Waals surface area (Å²) in [4.78, 5) is 15.5. The zero-order valence-electron chi connectivity index (χ0n) is 7.93. The quantitative estimate of drug-likeness (QED) is 0.794. The first-order valence-electron chi connectivity index (χ1n) is 4.34. The summed E-state index contributed by atoms with van der Waals surface area (Å²) in [7, 11) is 0.